The van der Waals surface area contributed by atoms with Crippen molar-refractivity contribution in [3.05, 3.63) is 109 Å². The molecule has 0 aliphatic carbocycles. The third-order valence-corrected chi connectivity index (χ3v) is 20.4. The molecule has 0 radical (unpaired) electrons. The highest BCUT2D eigenvalue weighted by molar-refractivity contribution is 5.76. The van der Waals surface area contributed by atoms with Crippen LogP contribution in [0.3, 0.4) is 0 Å². The zero-order valence-electron chi connectivity index (χ0n) is 65.6. The van der Waals surface area contributed by atoms with E-state index in [-0.39, 0.29) is 18.9 Å². The van der Waals surface area contributed by atoms with E-state index in [0.717, 1.165) is 128 Å². The lowest BCUT2D eigenvalue weighted by molar-refractivity contribution is -0.379. The van der Waals surface area contributed by atoms with Crippen molar-refractivity contribution in [1.29, 1.82) is 0 Å². The molecule has 0 aromatic heterocycles. The van der Waals surface area contributed by atoms with Gasteiger partial charge in [0.1, 0.15) is 73.2 Å². The van der Waals surface area contributed by atoms with Crippen LogP contribution in [0.4, 0.5) is 0 Å². The third kappa shape index (κ3) is 45.1. The van der Waals surface area contributed by atoms with Crippen LogP contribution in [0.1, 0.15) is 303 Å². The Morgan fingerprint density at radius 2 is 0.651 bits per heavy atom. The van der Waals surface area contributed by atoms with E-state index in [0.29, 0.717) is 12.8 Å². The fourth-order valence-corrected chi connectivity index (χ4v) is 13.7. The van der Waals surface area contributed by atoms with Crippen molar-refractivity contribution in [3.8, 4) is 0 Å². The van der Waals surface area contributed by atoms with Crippen LogP contribution in [0.2, 0.25) is 0 Å². The predicted octanol–water partition coefficient (Wildman–Crippen LogP) is 14.9. The second-order valence-corrected chi connectivity index (χ2v) is 29.6. The number of aliphatic hydroxyl groups is 11. The van der Waals surface area contributed by atoms with Gasteiger partial charge in [-0.05, 0) is 83.5 Å². The smallest absolute Gasteiger partial charge is 0.220 e. The molecule has 19 nitrogen and oxygen atoms in total. The van der Waals surface area contributed by atoms with E-state index in [2.05, 4.69) is 129 Å². The van der Waals surface area contributed by atoms with Gasteiger partial charge in [0, 0.05) is 6.42 Å². The first-order valence-corrected chi connectivity index (χ1v) is 42.1. The summed E-state index contributed by atoms with van der Waals surface area (Å²) in [5.41, 5.74) is 0. The summed E-state index contributed by atoms with van der Waals surface area (Å²) in [7, 11) is 0. The zero-order chi connectivity index (χ0) is 76.7. The summed E-state index contributed by atoms with van der Waals surface area (Å²) in [5.74, 6) is -0.255. The van der Waals surface area contributed by atoms with E-state index < -0.39 is 124 Å². The molecule has 19 heteroatoms. The third-order valence-electron chi connectivity index (χ3n) is 20.4. The molecule has 3 saturated heterocycles. The van der Waals surface area contributed by atoms with Gasteiger partial charge in [-0.25, -0.2) is 0 Å². The van der Waals surface area contributed by atoms with Crippen molar-refractivity contribution >= 4 is 5.91 Å². The van der Waals surface area contributed by atoms with Crippen molar-refractivity contribution in [2.75, 3.05) is 26.4 Å². The van der Waals surface area contributed by atoms with Crippen LogP contribution in [-0.4, -0.2) is 193 Å². The highest BCUT2D eigenvalue weighted by Gasteiger charge is 2.54. The summed E-state index contributed by atoms with van der Waals surface area (Å²) in [5, 5.41) is 121. The number of hydrogen-bond acceptors (Lipinski definition) is 18. The number of allylic oxidation sites excluding steroid dienone is 18. The molecular formula is C87H151NO18. The Balaban J connectivity index is 1.36. The summed E-state index contributed by atoms with van der Waals surface area (Å²) in [4.78, 5) is 13.5. The molecule has 0 spiro atoms. The number of carbonyl (C=O) groups excluding carboxylic acids is 1. The van der Waals surface area contributed by atoms with Gasteiger partial charge in [0.2, 0.25) is 5.91 Å². The van der Waals surface area contributed by atoms with Gasteiger partial charge in [-0.1, -0.05) is 322 Å². The number of rotatable bonds is 66. The lowest BCUT2D eigenvalue weighted by Gasteiger charge is -2.48. The van der Waals surface area contributed by atoms with Crippen molar-refractivity contribution < 1.29 is 89.4 Å². The summed E-state index contributed by atoms with van der Waals surface area (Å²) in [6.45, 7) is 1.71. The van der Waals surface area contributed by atoms with Crippen molar-refractivity contribution in [3.63, 3.8) is 0 Å². The number of amides is 1. The van der Waals surface area contributed by atoms with Gasteiger partial charge in [0.15, 0.2) is 18.9 Å². The maximum atomic E-state index is 13.5. The van der Waals surface area contributed by atoms with E-state index in [9.17, 15) is 61.0 Å². The lowest BCUT2D eigenvalue weighted by atomic mass is 9.96. The summed E-state index contributed by atoms with van der Waals surface area (Å²) in [6, 6.07) is -0.903. The van der Waals surface area contributed by atoms with Crippen LogP contribution in [0, 0.1) is 0 Å². The maximum absolute atomic E-state index is 13.5. The number of aliphatic hydroxyl groups excluding tert-OH is 11. The van der Waals surface area contributed by atoms with Crippen LogP contribution >= 0.6 is 0 Å². The second-order valence-electron chi connectivity index (χ2n) is 29.6. The normalized spacial score (nSPS) is 26.2. The molecule has 0 saturated carbocycles. The molecular weight excluding hydrogens is 1350 g/mol. The first-order valence-electron chi connectivity index (χ1n) is 42.1. The van der Waals surface area contributed by atoms with Crippen LogP contribution < -0.4 is 5.32 Å². The molecule has 1 amide bonds. The quantitative estimate of drug-likeness (QED) is 0.0199. The highest BCUT2D eigenvalue weighted by Crippen LogP contribution is 2.33. The minimum atomic E-state index is -1.98. The Morgan fingerprint density at radius 1 is 0.349 bits per heavy atom. The SMILES string of the molecule is CC/C=C\C/C=C\C/C=C\C/C=C\C/C=C\C/C=C\C/C=C\C/C=C\C/C=C\CCCCCCCCCC(=O)NC(COC1OC(CO)C(OC2OC(CO)C(OC3OC(CO)C(O)C(O)C3O)C(O)C2O)C(O)C1O)C(O)CCCCCCCCCCCCCCCCCCCCCCCCCCCC. The minimum absolute atomic E-state index is 0.247. The minimum Gasteiger partial charge on any atom is -0.394 e. The van der Waals surface area contributed by atoms with Crippen molar-refractivity contribution in [1.82, 2.24) is 5.32 Å². The molecule has 3 aliphatic heterocycles. The van der Waals surface area contributed by atoms with Crippen LogP contribution in [0.15, 0.2) is 109 Å². The topological polar surface area (TPSA) is 307 Å². The molecule has 3 fully saturated rings. The van der Waals surface area contributed by atoms with E-state index in [1.165, 1.54) is 141 Å². The summed E-state index contributed by atoms with van der Waals surface area (Å²) >= 11 is 0. The number of nitrogens with one attached hydrogen (secondary N) is 1. The van der Waals surface area contributed by atoms with Gasteiger partial charge < -0.3 is 89.9 Å². The van der Waals surface area contributed by atoms with Crippen molar-refractivity contribution in [2.45, 2.75) is 407 Å². The molecule has 0 aromatic rings. The van der Waals surface area contributed by atoms with Gasteiger partial charge in [-0.2, -0.15) is 0 Å². The van der Waals surface area contributed by atoms with Gasteiger partial charge >= 0.3 is 0 Å². The Hall–Kier alpha value is -3.55. The molecule has 3 aliphatic rings. The molecule has 12 N–H and O–H groups in total. The predicted molar refractivity (Wildman–Crippen MR) is 424 cm³/mol. The van der Waals surface area contributed by atoms with E-state index in [1.807, 2.05) is 0 Å². The molecule has 106 heavy (non-hydrogen) atoms. The number of ether oxygens (including phenoxy) is 6. The molecule has 612 valence electrons. The van der Waals surface area contributed by atoms with Gasteiger partial charge in [-0.3, -0.25) is 4.79 Å². The Bertz CT molecular complexity index is 2340. The second kappa shape index (κ2) is 66.1. The average Bonchev–Trinajstić information content (AvgIpc) is 0.779. The largest absolute Gasteiger partial charge is 0.394 e. The molecule has 3 heterocycles. The Labute approximate surface area is 640 Å². The first-order chi connectivity index (χ1) is 51.8. The standard InChI is InChI=1S/C87H151NO18/c1-3-5-7-9-11-13-15-17-19-21-23-25-27-29-31-32-33-34-35-36-37-38-39-41-43-45-47-49-51-53-55-57-59-61-63-65-75(93)88-70(71(92)64-62-60-58-56-54-52-50-48-46-44-42-40-30-28-26-24-22-20-18-16-14-12-10-8-6-4-2)69-101-85-81(99)78(96)83(73(67-90)103-85)106-87-82(100)79(97)84(74(68-91)104-87)105-86-80(98)77(95)76(94)72(66-89)102-86/h5,7,11,13,17,19,23,25,29,31,33-34,36-37,39,41,45,47,70-74,76-87,89-92,94-100H,3-4,6,8-10,12,14-16,18,20-22,24,26-28,30,32,35,38,40,42-44,46,48-69H2,1-2H3,(H,88,93)/b7-5-,13-11-,19-17-,25-23-,31-29-,34-33-,37-36-,41-39-,47-45-. The summed E-state index contributed by atoms with van der Waals surface area (Å²) in [6.07, 6.45) is 64.5. The number of hydrogen-bond donors (Lipinski definition) is 12. The van der Waals surface area contributed by atoms with Crippen LogP contribution in [-0.2, 0) is 33.2 Å². The fourth-order valence-electron chi connectivity index (χ4n) is 13.7. The fraction of sp³-hybridized carbons (Fsp3) is 0.782. The maximum Gasteiger partial charge on any atom is 0.220 e. The molecule has 3 rings (SSSR count). The lowest BCUT2D eigenvalue weighted by Crippen LogP contribution is -2.66. The number of carbonyl (C=O) groups is 1. The van der Waals surface area contributed by atoms with E-state index in [4.69, 9.17) is 28.4 Å². The van der Waals surface area contributed by atoms with Gasteiger partial charge in [-0.15, -0.1) is 0 Å². The van der Waals surface area contributed by atoms with Gasteiger partial charge in [0.25, 0.3) is 0 Å². The first kappa shape index (κ1) is 96.6. The molecule has 0 bridgehead atoms. The Morgan fingerprint density at radius 3 is 1.02 bits per heavy atom. The van der Waals surface area contributed by atoms with Crippen molar-refractivity contribution in [2.24, 2.45) is 0 Å². The highest BCUT2D eigenvalue weighted by atomic mass is 16.8. The molecule has 17 atom stereocenters. The molecule has 17 unspecified atom stereocenters. The average molecular weight is 1500 g/mol. The summed E-state index contributed by atoms with van der Waals surface area (Å²) < 4.78 is 34.5. The van der Waals surface area contributed by atoms with Crippen LogP contribution in [0.5, 0.6) is 0 Å². The van der Waals surface area contributed by atoms with Gasteiger partial charge in [0.05, 0.1) is 38.6 Å². The van der Waals surface area contributed by atoms with Crippen LogP contribution in [0.25, 0.3) is 0 Å². The molecule has 0 aromatic carbocycles. The number of unbranched alkanes of at least 4 members (excludes halogenated alkanes) is 32. The monoisotopic (exact) mass is 1500 g/mol. The zero-order valence-corrected chi connectivity index (χ0v) is 65.6. The van der Waals surface area contributed by atoms with E-state index in [1.54, 1.807) is 0 Å². The Kier molecular flexibility index (Phi) is 60.3. The van der Waals surface area contributed by atoms with E-state index >= 15 is 0 Å².